The molecule has 3 aromatic heterocycles. The van der Waals surface area contributed by atoms with E-state index in [1.807, 2.05) is 35.0 Å². The van der Waals surface area contributed by atoms with Crippen LogP contribution in [0.15, 0.2) is 73.3 Å². The van der Waals surface area contributed by atoms with Crippen molar-refractivity contribution in [2.24, 2.45) is 0 Å². The van der Waals surface area contributed by atoms with Crippen LogP contribution >= 0.6 is 0 Å². The minimum absolute atomic E-state index is 0.0437. The van der Waals surface area contributed by atoms with Crippen LogP contribution < -0.4 is 16.4 Å². The predicted octanol–water partition coefficient (Wildman–Crippen LogP) is 5.74. The summed E-state index contributed by atoms with van der Waals surface area (Å²) in [7, 11) is 1.61. The lowest BCUT2D eigenvalue weighted by molar-refractivity contribution is -0.137. The van der Waals surface area contributed by atoms with Crippen molar-refractivity contribution in [1.82, 2.24) is 19.5 Å². The van der Waals surface area contributed by atoms with Gasteiger partial charge in [0.15, 0.2) is 0 Å². The van der Waals surface area contributed by atoms with Gasteiger partial charge in [0, 0.05) is 43.8 Å². The number of hydrogen-bond donors (Lipinski definition) is 3. The topological polar surface area (TPSA) is 120 Å². The molecule has 0 spiro atoms. The Morgan fingerprint density at radius 1 is 1.05 bits per heavy atom. The first-order chi connectivity index (χ1) is 20.1. The standard InChI is InChI=1S/C29H25F4N7O2/c1-42-11-10-40-15-23(24-25(34)37-16-38-27(24)40)18-4-2-17(3-5-18)13-35-26-22(12-19(14-36-26)29(31,32)33)28(41)39-21-8-6-20(30)7-9-21/h2-9,12,14-16H,10-11,13H2,1H3,(H,35,36)(H,39,41)(H2,34,37,38). The van der Waals surface area contributed by atoms with Crippen LogP contribution in [0, 0.1) is 5.82 Å². The molecule has 0 aliphatic rings. The summed E-state index contributed by atoms with van der Waals surface area (Å²) < 4.78 is 60.5. The molecule has 0 aliphatic heterocycles. The van der Waals surface area contributed by atoms with Crippen molar-refractivity contribution in [2.45, 2.75) is 19.3 Å². The van der Waals surface area contributed by atoms with Crippen molar-refractivity contribution in [3.05, 3.63) is 95.8 Å². The molecule has 3 heterocycles. The van der Waals surface area contributed by atoms with Crippen molar-refractivity contribution in [3.63, 3.8) is 0 Å². The van der Waals surface area contributed by atoms with Gasteiger partial charge in [-0.05, 0) is 41.5 Å². The van der Waals surface area contributed by atoms with Crippen LogP contribution in [-0.2, 0) is 24.0 Å². The second-order valence-electron chi connectivity index (χ2n) is 9.32. The summed E-state index contributed by atoms with van der Waals surface area (Å²) in [6.07, 6.45) is -0.706. The van der Waals surface area contributed by atoms with Gasteiger partial charge in [-0.25, -0.2) is 19.3 Å². The number of nitrogen functional groups attached to an aromatic ring is 1. The fourth-order valence-electron chi connectivity index (χ4n) is 4.38. The van der Waals surface area contributed by atoms with Gasteiger partial charge in [-0.2, -0.15) is 13.2 Å². The zero-order chi connectivity index (χ0) is 29.9. The maximum Gasteiger partial charge on any atom is 0.417 e. The van der Waals surface area contributed by atoms with E-state index in [-0.39, 0.29) is 23.6 Å². The zero-order valence-electron chi connectivity index (χ0n) is 22.2. The van der Waals surface area contributed by atoms with E-state index in [1.54, 1.807) is 7.11 Å². The summed E-state index contributed by atoms with van der Waals surface area (Å²) >= 11 is 0. The van der Waals surface area contributed by atoms with E-state index in [0.717, 1.165) is 34.9 Å². The Hall–Kier alpha value is -5.04. The van der Waals surface area contributed by atoms with Crippen molar-refractivity contribution < 1.29 is 27.1 Å². The fraction of sp³-hybridized carbons (Fsp3) is 0.172. The Morgan fingerprint density at radius 3 is 2.48 bits per heavy atom. The van der Waals surface area contributed by atoms with Crippen molar-refractivity contribution in [1.29, 1.82) is 0 Å². The lowest BCUT2D eigenvalue weighted by atomic mass is 10.0. The van der Waals surface area contributed by atoms with Gasteiger partial charge < -0.3 is 25.7 Å². The molecule has 4 N–H and O–H groups in total. The predicted molar refractivity (Wildman–Crippen MR) is 150 cm³/mol. The van der Waals surface area contributed by atoms with Gasteiger partial charge in [0.2, 0.25) is 0 Å². The van der Waals surface area contributed by atoms with Crippen LogP contribution in [0.25, 0.3) is 22.2 Å². The highest BCUT2D eigenvalue weighted by Gasteiger charge is 2.32. The summed E-state index contributed by atoms with van der Waals surface area (Å²) in [6.45, 7) is 1.22. The van der Waals surface area contributed by atoms with E-state index in [0.29, 0.717) is 36.2 Å². The maximum absolute atomic E-state index is 13.4. The molecule has 0 fully saturated rings. The number of halogens is 4. The third-order valence-electron chi connectivity index (χ3n) is 6.51. The molecule has 5 rings (SSSR count). The van der Waals surface area contributed by atoms with E-state index in [2.05, 4.69) is 25.6 Å². The smallest absolute Gasteiger partial charge is 0.383 e. The van der Waals surface area contributed by atoms with E-state index >= 15 is 0 Å². The molecule has 0 saturated carbocycles. The molecule has 9 nitrogen and oxygen atoms in total. The van der Waals surface area contributed by atoms with Crippen LogP contribution in [0.2, 0.25) is 0 Å². The first kappa shape index (κ1) is 28.5. The Balaban J connectivity index is 1.38. The summed E-state index contributed by atoms with van der Waals surface area (Å²) in [5.74, 6) is -1.05. The largest absolute Gasteiger partial charge is 0.417 e. The maximum atomic E-state index is 13.4. The molecular weight excluding hydrogens is 554 g/mol. The Kier molecular flexibility index (Phi) is 8.02. The number of benzene rings is 2. The number of aromatic nitrogens is 4. The lowest BCUT2D eigenvalue weighted by Crippen LogP contribution is -2.18. The number of anilines is 3. The lowest BCUT2D eigenvalue weighted by Gasteiger charge is -2.14. The van der Waals surface area contributed by atoms with E-state index in [1.165, 1.54) is 18.5 Å². The SMILES string of the molecule is COCCn1cc(-c2ccc(CNc3ncc(C(F)(F)F)cc3C(=O)Nc3ccc(F)cc3)cc2)c2c(N)ncnc21. The van der Waals surface area contributed by atoms with Gasteiger partial charge >= 0.3 is 6.18 Å². The molecule has 0 aliphatic carbocycles. The molecule has 5 aromatic rings. The monoisotopic (exact) mass is 579 g/mol. The van der Waals surface area contributed by atoms with Crippen LogP contribution in [0.3, 0.4) is 0 Å². The summed E-state index contributed by atoms with van der Waals surface area (Å²) in [4.78, 5) is 25.3. The first-order valence-electron chi connectivity index (χ1n) is 12.7. The highest BCUT2D eigenvalue weighted by atomic mass is 19.4. The third kappa shape index (κ3) is 6.15. The number of rotatable bonds is 9. The second-order valence-corrected chi connectivity index (χ2v) is 9.32. The third-order valence-corrected chi connectivity index (χ3v) is 6.51. The number of hydrogen-bond acceptors (Lipinski definition) is 7. The molecular formula is C29H25F4N7O2. The average Bonchev–Trinajstić information content (AvgIpc) is 3.35. The molecule has 0 bridgehead atoms. The summed E-state index contributed by atoms with van der Waals surface area (Å²) in [6, 6.07) is 13.0. The number of fused-ring (bicyclic) bond motifs is 1. The number of nitrogens with two attached hydrogens (primary N) is 1. The van der Waals surface area contributed by atoms with E-state index in [9.17, 15) is 22.4 Å². The molecule has 0 radical (unpaired) electrons. The number of methoxy groups -OCH3 is 1. The van der Waals surface area contributed by atoms with Crippen LogP contribution in [0.1, 0.15) is 21.5 Å². The van der Waals surface area contributed by atoms with Crippen molar-refractivity contribution >= 4 is 34.3 Å². The number of amides is 1. The van der Waals surface area contributed by atoms with Crippen LogP contribution in [0.4, 0.5) is 34.9 Å². The van der Waals surface area contributed by atoms with Crippen molar-refractivity contribution in [3.8, 4) is 11.1 Å². The number of nitrogens with zero attached hydrogens (tertiary/aromatic N) is 4. The number of nitrogens with one attached hydrogen (secondary N) is 2. The molecule has 1 amide bonds. The van der Waals surface area contributed by atoms with E-state index < -0.39 is 23.5 Å². The minimum atomic E-state index is -4.70. The molecule has 0 saturated heterocycles. The van der Waals surface area contributed by atoms with Gasteiger partial charge in [0.1, 0.15) is 29.4 Å². The molecule has 13 heteroatoms. The minimum Gasteiger partial charge on any atom is -0.383 e. The Bertz CT molecular complexity index is 1720. The molecule has 2 aromatic carbocycles. The molecule has 0 atom stereocenters. The van der Waals surface area contributed by atoms with Gasteiger partial charge in [0.05, 0.1) is 23.1 Å². The second kappa shape index (κ2) is 11.8. The number of pyridine rings is 1. The van der Waals surface area contributed by atoms with Gasteiger partial charge in [-0.3, -0.25) is 4.79 Å². The quantitative estimate of drug-likeness (QED) is 0.190. The van der Waals surface area contributed by atoms with Crippen molar-refractivity contribution in [2.75, 3.05) is 30.1 Å². The fourth-order valence-corrected chi connectivity index (χ4v) is 4.38. The number of alkyl halides is 3. The van der Waals surface area contributed by atoms with Gasteiger partial charge in [-0.1, -0.05) is 24.3 Å². The molecule has 42 heavy (non-hydrogen) atoms. The number of carbonyl (C=O) groups is 1. The average molecular weight is 580 g/mol. The van der Waals surface area contributed by atoms with E-state index in [4.69, 9.17) is 10.5 Å². The van der Waals surface area contributed by atoms with Crippen LogP contribution in [0.5, 0.6) is 0 Å². The molecule has 0 unspecified atom stereocenters. The number of carbonyl (C=O) groups excluding carboxylic acids is 1. The van der Waals surface area contributed by atoms with Crippen LogP contribution in [-0.4, -0.2) is 39.1 Å². The normalized spacial score (nSPS) is 11.5. The number of ether oxygens (including phenoxy) is 1. The van der Waals surface area contributed by atoms with Gasteiger partial charge in [0.25, 0.3) is 5.91 Å². The zero-order valence-corrected chi connectivity index (χ0v) is 22.2. The van der Waals surface area contributed by atoms with Gasteiger partial charge in [-0.15, -0.1) is 0 Å². The molecule has 216 valence electrons. The summed E-state index contributed by atoms with van der Waals surface area (Å²) in [5, 5.41) is 6.14. The Morgan fingerprint density at radius 2 is 1.79 bits per heavy atom. The highest BCUT2D eigenvalue weighted by molar-refractivity contribution is 6.07. The highest BCUT2D eigenvalue weighted by Crippen LogP contribution is 2.33. The Labute approximate surface area is 237 Å². The first-order valence-corrected chi connectivity index (χ1v) is 12.7. The summed E-state index contributed by atoms with van der Waals surface area (Å²) in [5.41, 5.74) is 8.15.